The molecule has 0 aliphatic heterocycles. The number of anilines is 1. The van der Waals surface area contributed by atoms with E-state index in [1.54, 1.807) is 26.4 Å². The van der Waals surface area contributed by atoms with Gasteiger partial charge in [-0.25, -0.2) is 4.98 Å². The van der Waals surface area contributed by atoms with Crippen molar-refractivity contribution in [3.63, 3.8) is 0 Å². The average Bonchev–Trinajstić information content (AvgIpc) is 2.35. The fourth-order valence-corrected chi connectivity index (χ4v) is 1.51. The number of carbonyl (C=O) groups is 1. The molecule has 0 radical (unpaired) electrons. The highest BCUT2D eigenvalue weighted by Crippen LogP contribution is 2.11. The molecule has 1 heterocycles. The summed E-state index contributed by atoms with van der Waals surface area (Å²) >= 11 is 0. The zero-order valence-electron chi connectivity index (χ0n) is 11.6. The molecule has 5 heteroatoms. The maximum atomic E-state index is 11.7. The van der Waals surface area contributed by atoms with Crippen LogP contribution in [0, 0.1) is 0 Å². The quantitative estimate of drug-likeness (QED) is 0.845. The van der Waals surface area contributed by atoms with Gasteiger partial charge in [-0.05, 0) is 25.5 Å². The van der Waals surface area contributed by atoms with E-state index in [0.717, 1.165) is 18.8 Å². The Hall–Kier alpha value is -1.62. The van der Waals surface area contributed by atoms with Gasteiger partial charge in [-0.15, -0.1) is 0 Å². The van der Waals surface area contributed by atoms with Crippen LogP contribution in [0.15, 0.2) is 18.3 Å². The van der Waals surface area contributed by atoms with Crippen molar-refractivity contribution < 1.29 is 4.79 Å². The van der Waals surface area contributed by atoms with Crippen LogP contribution in [0.4, 0.5) is 5.82 Å². The Morgan fingerprint density at radius 1 is 1.39 bits per heavy atom. The molecule has 1 aromatic heterocycles. The number of carbonyl (C=O) groups excluding carboxylic acids is 1. The number of aromatic nitrogens is 1. The molecule has 5 nitrogen and oxygen atoms in total. The van der Waals surface area contributed by atoms with E-state index < -0.39 is 0 Å². The lowest BCUT2D eigenvalue weighted by atomic mass is 10.2. The summed E-state index contributed by atoms with van der Waals surface area (Å²) in [5.41, 5.74) is 6.32. The Morgan fingerprint density at radius 3 is 2.50 bits per heavy atom. The predicted molar refractivity (Wildman–Crippen MR) is 73.8 cm³/mol. The number of hydrogen-bond acceptors (Lipinski definition) is 4. The minimum absolute atomic E-state index is 0.0349. The average molecular weight is 250 g/mol. The second-order valence-electron chi connectivity index (χ2n) is 4.79. The van der Waals surface area contributed by atoms with E-state index >= 15 is 0 Å². The predicted octanol–water partition coefficient (Wildman–Crippen LogP) is 0.957. The molecular formula is C13H22N4O. The zero-order valence-corrected chi connectivity index (χ0v) is 11.6. The maximum absolute atomic E-state index is 11.7. The van der Waals surface area contributed by atoms with Crippen LogP contribution in [0.2, 0.25) is 0 Å². The number of nitrogens with zero attached hydrogens (tertiary/aromatic N) is 3. The number of pyridine rings is 1. The second-order valence-corrected chi connectivity index (χ2v) is 4.79. The lowest BCUT2D eigenvalue weighted by Crippen LogP contribution is -2.26. The van der Waals surface area contributed by atoms with E-state index in [9.17, 15) is 4.79 Å². The van der Waals surface area contributed by atoms with Gasteiger partial charge in [0, 0.05) is 39.9 Å². The van der Waals surface area contributed by atoms with Gasteiger partial charge in [-0.3, -0.25) is 4.79 Å². The van der Waals surface area contributed by atoms with Crippen molar-refractivity contribution in [2.24, 2.45) is 5.73 Å². The van der Waals surface area contributed by atoms with Crippen LogP contribution in [0.25, 0.3) is 0 Å². The van der Waals surface area contributed by atoms with Gasteiger partial charge >= 0.3 is 0 Å². The molecule has 1 unspecified atom stereocenters. The van der Waals surface area contributed by atoms with Crippen molar-refractivity contribution in [2.45, 2.75) is 19.4 Å². The number of hydrogen-bond donors (Lipinski definition) is 1. The molecule has 1 amide bonds. The fraction of sp³-hybridized carbons (Fsp3) is 0.538. The van der Waals surface area contributed by atoms with Crippen molar-refractivity contribution in [3.8, 4) is 0 Å². The van der Waals surface area contributed by atoms with E-state index in [1.165, 1.54) is 4.90 Å². The zero-order chi connectivity index (χ0) is 13.7. The summed E-state index contributed by atoms with van der Waals surface area (Å²) in [4.78, 5) is 19.6. The van der Waals surface area contributed by atoms with Crippen molar-refractivity contribution in [2.75, 3.05) is 32.6 Å². The van der Waals surface area contributed by atoms with E-state index in [2.05, 4.69) is 4.98 Å². The number of nitrogens with two attached hydrogens (primary N) is 1. The topological polar surface area (TPSA) is 62.5 Å². The first-order valence-electron chi connectivity index (χ1n) is 6.06. The molecule has 18 heavy (non-hydrogen) atoms. The molecule has 0 fully saturated rings. The summed E-state index contributed by atoms with van der Waals surface area (Å²) in [6.07, 6.45) is 2.52. The molecule has 2 N–H and O–H groups in total. The maximum Gasteiger partial charge on any atom is 0.254 e. The van der Waals surface area contributed by atoms with E-state index in [0.29, 0.717) is 5.56 Å². The van der Waals surface area contributed by atoms with Gasteiger partial charge in [0.25, 0.3) is 5.91 Å². The van der Waals surface area contributed by atoms with Crippen molar-refractivity contribution in [1.29, 1.82) is 0 Å². The molecule has 0 aromatic carbocycles. The van der Waals surface area contributed by atoms with E-state index in [1.807, 2.05) is 24.9 Å². The minimum Gasteiger partial charge on any atom is -0.360 e. The van der Waals surface area contributed by atoms with Crippen LogP contribution in [0.1, 0.15) is 23.7 Å². The van der Waals surface area contributed by atoms with Gasteiger partial charge < -0.3 is 15.5 Å². The first-order valence-corrected chi connectivity index (χ1v) is 6.06. The first-order chi connectivity index (χ1) is 8.41. The summed E-state index contributed by atoms with van der Waals surface area (Å²) < 4.78 is 0. The van der Waals surface area contributed by atoms with Gasteiger partial charge in [-0.1, -0.05) is 0 Å². The van der Waals surface area contributed by atoms with Crippen LogP contribution in [0.3, 0.4) is 0 Å². The third-order valence-electron chi connectivity index (χ3n) is 2.71. The SMILES string of the molecule is CC(N)CCN(C)c1ccc(C(=O)N(C)C)cn1. The van der Waals surface area contributed by atoms with Crippen LogP contribution >= 0.6 is 0 Å². The fourth-order valence-electron chi connectivity index (χ4n) is 1.51. The van der Waals surface area contributed by atoms with Gasteiger partial charge in [0.1, 0.15) is 5.82 Å². The van der Waals surface area contributed by atoms with Gasteiger partial charge in [0.15, 0.2) is 0 Å². The molecule has 1 aromatic rings. The first kappa shape index (κ1) is 14.4. The normalized spacial score (nSPS) is 12.1. The molecule has 0 saturated carbocycles. The summed E-state index contributed by atoms with van der Waals surface area (Å²) in [6, 6.07) is 3.84. The summed E-state index contributed by atoms with van der Waals surface area (Å²) in [5, 5.41) is 0. The molecule has 0 aliphatic rings. The molecule has 0 bridgehead atoms. The molecule has 1 atom stereocenters. The molecule has 1 rings (SSSR count). The van der Waals surface area contributed by atoms with Gasteiger partial charge in [0.05, 0.1) is 5.56 Å². The highest BCUT2D eigenvalue weighted by molar-refractivity contribution is 5.93. The Bertz CT molecular complexity index is 386. The lowest BCUT2D eigenvalue weighted by molar-refractivity contribution is 0.0827. The summed E-state index contributed by atoms with van der Waals surface area (Å²) in [6.45, 7) is 2.84. The Balaban J connectivity index is 2.67. The van der Waals surface area contributed by atoms with Crippen molar-refractivity contribution in [1.82, 2.24) is 9.88 Å². The molecular weight excluding hydrogens is 228 g/mol. The van der Waals surface area contributed by atoms with Crippen LogP contribution in [-0.4, -0.2) is 49.5 Å². The third-order valence-corrected chi connectivity index (χ3v) is 2.71. The molecule has 0 aliphatic carbocycles. The van der Waals surface area contributed by atoms with E-state index in [4.69, 9.17) is 5.73 Å². The summed E-state index contributed by atoms with van der Waals surface area (Å²) in [5.74, 6) is 0.818. The largest absolute Gasteiger partial charge is 0.360 e. The van der Waals surface area contributed by atoms with Crippen LogP contribution in [-0.2, 0) is 0 Å². The van der Waals surface area contributed by atoms with Crippen LogP contribution < -0.4 is 10.6 Å². The van der Waals surface area contributed by atoms with Crippen molar-refractivity contribution in [3.05, 3.63) is 23.9 Å². The van der Waals surface area contributed by atoms with Gasteiger partial charge in [-0.2, -0.15) is 0 Å². The second kappa shape index (κ2) is 6.35. The Morgan fingerprint density at radius 2 is 2.06 bits per heavy atom. The third kappa shape index (κ3) is 4.00. The number of amides is 1. The molecule has 0 spiro atoms. The Kier molecular flexibility index (Phi) is 5.09. The smallest absolute Gasteiger partial charge is 0.254 e. The lowest BCUT2D eigenvalue weighted by Gasteiger charge is -2.19. The molecule has 100 valence electrons. The highest BCUT2D eigenvalue weighted by Gasteiger charge is 2.09. The highest BCUT2D eigenvalue weighted by atomic mass is 16.2. The monoisotopic (exact) mass is 250 g/mol. The van der Waals surface area contributed by atoms with Crippen molar-refractivity contribution >= 4 is 11.7 Å². The van der Waals surface area contributed by atoms with Gasteiger partial charge in [0.2, 0.25) is 0 Å². The molecule has 0 saturated heterocycles. The van der Waals surface area contributed by atoms with Crippen LogP contribution in [0.5, 0.6) is 0 Å². The van der Waals surface area contributed by atoms with E-state index in [-0.39, 0.29) is 11.9 Å². The number of rotatable bonds is 5. The standard InChI is InChI=1S/C13H22N4O/c1-10(14)7-8-17(4)12-6-5-11(9-15-12)13(18)16(2)3/h5-6,9-10H,7-8,14H2,1-4H3. The minimum atomic E-state index is -0.0349. The summed E-state index contributed by atoms with van der Waals surface area (Å²) in [7, 11) is 5.42. The Labute approximate surface area is 109 Å².